The molecule has 1 aliphatic carbocycles. The second kappa shape index (κ2) is 14.8. The molecule has 65 heavy (non-hydrogen) atoms. The quantitative estimate of drug-likeness (QED) is 0.160. The standard InChI is InChI=1S/C61H51N3O/c1-60(2,3)62-38-43-19-16-24-47(52(43)39-62)51-36-46(37-54-59(51)50-23-12-14-25-53(50)61(54,4)5)63(45-30-27-41(28-31-45)40-17-8-6-9-18-40)58-34-33-57(65-58)42-29-32-49-48-22-13-15-26-55(48)64(56(49)35-42)44-20-10-7-11-21-44/h6-37H,38-39H2,1-5H3. The lowest BCUT2D eigenvalue weighted by Crippen LogP contribution is -2.36. The lowest BCUT2D eigenvalue weighted by molar-refractivity contribution is 0.136. The van der Waals surface area contributed by atoms with Gasteiger partial charge in [0.15, 0.2) is 0 Å². The predicted molar refractivity (Wildman–Crippen MR) is 271 cm³/mol. The maximum Gasteiger partial charge on any atom is 0.205 e. The van der Waals surface area contributed by atoms with Gasteiger partial charge < -0.3 is 8.98 Å². The zero-order valence-corrected chi connectivity index (χ0v) is 37.6. The number of hydrogen-bond donors (Lipinski definition) is 0. The summed E-state index contributed by atoms with van der Waals surface area (Å²) in [6.07, 6.45) is 0. The number of aromatic nitrogens is 1. The number of rotatable bonds is 7. The number of furan rings is 1. The molecule has 316 valence electrons. The highest BCUT2D eigenvalue weighted by Gasteiger charge is 2.39. The number of fused-ring (bicyclic) bond motifs is 7. The monoisotopic (exact) mass is 841 g/mol. The van der Waals surface area contributed by atoms with E-state index in [1.165, 1.54) is 71.9 Å². The van der Waals surface area contributed by atoms with Crippen molar-refractivity contribution in [3.8, 4) is 50.4 Å². The first kappa shape index (κ1) is 39.2. The Kier molecular flexibility index (Phi) is 8.95. The average molecular weight is 842 g/mol. The average Bonchev–Trinajstić information content (AvgIpc) is 4.12. The fraction of sp³-hybridized carbons (Fsp3) is 0.148. The van der Waals surface area contributed by atoms with Gasteiger partial charge in [-0.25, -0.2) is 0 Å². The van der Waals surface area contributed by atoms with Gasteiger partial charge >= 0.3 is 0 Å². The van der Waals surface area contributed by atoms with Crippen molar-refractivity contribution in [2.24, 2.45) is 0 Å². The molecule has 10 aromatic rings. The minimum absolute atomic E-state index is 0.0526. The van der Waals surface area contributed by atoms with Crippen LogP contribution >= 0.6 is 0 Å². The Morgan fingerprint density at radius 2 is 1.18 bits per heavy atom. The maximum atomic E-state index is 7.14. The second-order valence-corrected chi connectivity index (χ2v) is 19.4. The second-order valence-electron chi connectivity index (χ2n) is 19.4. The molecule has 2 aliphatic rings. The minimum atomic E-state index is -0.226. The van der Waals surface area contributed by atoms with E-state index in [9.17, 15) is 0 Å². The normalized spacial score (nSPS) is 14.2. The first-order chi connectivity index (χ1) is 31.6. The topological polar surface area (TPSA) is 24.6 Å². The van der Waals surface area contributed by atoms with Crippen LogP contribution in [0.25, 0.3) is 72.2 Å². The van der Waals surface area contributed by atoms with Crippen LogP contribution in [0.15, 0.2) is 199 Å². The molecular formula is C61H51N3O. The molecule has 4 nitrogen and oxygen atoms in total. The van der Waals surface area contributed by atoms with Crippen molar-refractivity contribution in [1.29, 1.82) is 0 Å². The molecule has 3 heterocycles. The number of anilines is 3. The van der Waals surface area contributed by atoms with Crippen LogP contribution < -0.4 is 4.90 Å². The summed E-state index contributed by atoms with van der Waals surface area (Å²) in [5.41, 5.74) is 19.5. The van der Waals surface area contributed by atoms with E-state index in [2.05, 4.69) is 243 Å². The fourth-order valence-corrected chi connectivity index (χ4v) is 10.7. The largest absolute Gasteiger partial charge is 0.440 e. The van der Waals surface area contributed by atoms with Crippen LogP contribution in [0, 0.1) is 0 Å². The van der Waals surface area contributed by atoms with E-state index in [-0.39, 0.29) is 11.0 Å². The minimum Gasteiger partial charge on any atom is -0.440 e. The Morgan fingerprint density at radius 1 is 0.508 bits per heavy atom. The van der Waals surface area contributed by atoms with Gasteiger partial charge in [0, 0.05) is 57.8 Å². The Morgan fingerprint density at radius 3 is 1.98 bits per heavy atom. The van der Waals surface area contributed by atoms with E-state index >= 15 is 0 Å². The van der Waals surface area contributed by atoms with E-state index < -0.39 is 0 Å². The smallest absolute Gasteiger partial charge is 0.205 e. The summed E-state index contributed by atoms with van der Waals surface area (Å²) in [7, 11) is 0. The SMILES string of the molecule is CC1(C)c2ccccc2-c2c(-c3cccc4c3CN(C(C)(C)C)C4)cc(N(c3ccc(-c4ccccc4)cc3)c3ccc(-c4ccc5c6ccccc6n(-c6ccccc6)c5c4)o3)cc21. The number of benzene rings is 8. The zero-order valence-electron chi connectivity index (χ0n) is 37.6. The molecule has 4 heteroatoms. The van der Waals surface area contributed by atoms with Gasteiger partial charge in [0.05, 0.1) is 16.7 Å². The van der Waals surface area contributed by atoms with Crippen molar-refractivity contribution in [2.45, 2.75) is 58.7 Å². The molecule has 1 aliphatic heterocycles. The molecule has 0 N–H and O–H groups in total. The number of nitrogens with zero attached hydrogens (tertiary/aromatic N) is 3. The summed E-state index contributed by atoms with van der Waals surface area (Å²) < 4.78 is 9.50. The van der Waals surface area contributed by atoms with Gasteiger partial charge in [0.2, 0.25) is 5.88 Å². The summed E-state index contributed by atoms with van der Waals surface area (Å²) in [5, 5.41) is 2.45. The Labute approximate surface area is 381 Å². The number of hydrogen-bond acceptors (Lipinski definition) is 3. The molecular weight excluding hydrogens is 791 g/mol. The summed E-state index contributed by atoms with van der Waals surface area (Å²) >= 11 is 0. The van der Waals surface area contributed by atoms with E-state index in [1.54, 1.807) is 0 Å². The van der Waals surface area contributed by atoms with Crippen molar-refractivity contribution in [3.05, 3.63) is 216 Å². The lowest BCUT2D eigenvalue weighted by Gasteiger charge is -2.31. The van der Waals surface area contributed by atoms with Gasteiger partial charge in [-0.2, -0.15) is 0 Å². The van der Waals surface area contributed by atoms with Crippen LogP contribution in [0.5, 0.6) is 0 Å². The van der Waals surface area contributed by atoms with Gasteiger partial charge in [-0.05, 0) is 131 Å². The third-order valence-electron chi connectivity index (χ3n) is 14.2. The van der Waals surface area contributed by atoms with Gasteiger partial charge in [-0.1, -0.05) is 147 Å². The zero-order chi connectivity index (χ0) is 44.0. The molecule has 0 radical (unpaired) electrons. The van der Waals surface area contributed by atoms with E-state index in [0.29, 0.717) is 0 Å². The Bertz CT molecular complexity index is 3440. The third kappa shape index (κ3) is 6.38. The van der Waals surface area contributed by atoms with Gasteiger partial charge in [-0.3, -0.25) is 9.80 Å². The molecule has 0 unspecified atom stereocenters. The van der Waals surface area contributed by atoms with E-state index in [1.807, 2.05) is 0 Å². The highest BCUT2D eigenvalue weighted by molar-refractivity contribution is 6.10. The Balaban J connectivity index is 1.06. The summed E-state index contributed by atoms with van der Waals surface area (Å²) in [4.78, 5) is 4.93. The molecule has 0 atom stereocenters. The predicted octanol–water partition coefficient (Wildman–Crippen LogP) is 16.3. The first-order valence-electron chi connectivity index (χ1n) is 22.9. The van der Waals surface area contributed by atoms with Crippen LogP contribution in [0.1, 0.15) is 56.9 Å². The first-order valence-corrected chi connectivity index (χ1v) is 22.9. The summed E-state index contributed by atoms with van der Waals surface area (Å²) in [5.74, 6) is 1.57. The van der Waals surface area contributed by atoms with Crippen LogP contribution in [0.2, 0.25) is 0 Å². The van der Waals surface area contributed by atoms with Crippen molar-refractivity contribution in [3.63, 3.8) is 0 Å². The molecule has 0 bridgehead atoms. The van der Waals surface area contributed by atoms with Gasteiger partial charge in [0.1, 0.15) is 5.76 Å². The van der Waals surface area contributed by atoms with Crippen LogP contribution in [-0.2, 0) is 18.5 Å². The van der Waals surface area contributed by atoms with Crippen molar-refractivity contribution in [2.75, 3.05) is 4.90 Å². The molecule has 2 aromatic heterocycles. The summed E-state index contributed by atoms with van der Waals surface area (Å²) in [6.45, 7) is 13.6. The highest BCUT2D eigenvalue weighted by atomic mass is 16.4. The number of para-hydroxylation sites is 2. The molecule has 0 saturated heterocycles. The molecule has 0 fully saturated rings. The molecule has 0 spiro atoms. The molecule has 8 aromatic carbocycles. The van der Waals surface area contributed by atoms with Crippen LogP contribution in [-0.4, -0.2) is 15.0 Å². The van der Waals surface area contributed by atoms with Crippen molar-refractivity contribution >= 4 is 39.1 Å². The Hall–Kier alpha value is -7.40. The van der Waals surface area contributed by atoms with Gasteiger partial charge in [-0.15, -0.1) is 0 Å². The van der Waals surface area contributed by atoms with E-state index in [4.69, 9.17) is 4.42 Å². The highest BCUT2D eigenvalue weighted by Crippen LogP contribution is 2.55. The van der Waals surface area contributed by atoms with Gasteiger partial charge in [0.25, 0.3) is 0 Å². The van der Waals surface area contributed by atoms with Crippen LogP contribution in [0.3, 0.4) is 0 Å². The third-order valence-corrected chi connectivity index (χ3v) is 14.2. The maximum absolute atomic E-state index is 7.14. The van der Waals surface area contributed by atoms with Crippen molar-refractivity contribution in [1.82, 2.24) is 9.47 Å². The fourth-order valence-electron chi connectivity index (χ4n) is 10.7. The van der Waals surface area contributed by atoms with E-state index in [0.717, 1.165) is 52.9 Å². The lowest BCUT2D eigenvalue weighted by atomic mass is 9.81. The molecule has 0 saturated carbocycles. The molecule has 0 amide bonds. The molecule has 12 rings (SSSR count). The van der Waals surface area contributed by atoms with Crippen molar-refractivity contribution < 1.29 is 4.42 Å². The van der Waals surface area contributed by atoms with Crippen LogP contribution in [0.4, 0.5) is 17.3 Å². The summed E-state index contributed by atoms with van der Waals surface area (Å²) in [6, 6.07) is 70.7.